The zero-order valence-electron chi connectivity index (χ0n) is 14.7. The van der Waals surface area contributed by atoms with Crippen LogP contribution >= 0.6 is 0 Å². The third-order valence-corrected chi connectivity index (χ3v) is 5.37. The lowest BCUT2D eigenvalue weighted by atomic mass is 9.78. The highest BCUT2D eigenvalue weighted by Gasteiger charge is 2.39. The van der Waals surface area contributed by atoms with E-state index in [0.717, 1.165) is 0 Å². The molecule has 0 heteroatoms. The molecule has 0 heterocycles. The van der Waals surface area contributed by atoms with Crippen molar-refractivity contribution < 1.29 is 0 Å². The second-order valence-corrected chi connectivity index (χ2v) is 8.31. The van der Waals surface area contributed by atoms with Crippen molar-refractivity contribution in [3.63, 3.8) is 0 Å². The number of rotatable bonds is 0. The summed E-state index contributed by atoms with van der Waals surface area (Å²) in [6.45, 7) is 11.7. The molecule has 1 aliphatic carbocycles. The average molecular weight is 300 g/mol. The Labute approximate surface area is 139 Å². The first-order valence-corrected chi connectivity index (χ1v) is 8.48. The summed E-state index contributed by atoms with van der Waals surface area (Å²) in [7, 11) is 0. The van der Waals surface area contributed by atoms with Crippen molar-refractivity contribution in [2.45, 2.75) is 45.4 Å². The molecule has 3 aromatic rings. The lowest BCUT2D eigenvalue weighted by molar-refractivity contribution is 0.589. The number of hydrogen-bond acceptors (Lipinski definition) is 0. The molecule has 0 N–H and O–H groups in total. The van der Waals surface area contributed by atoms with E-state index in [1.165, 1.54) is 38.6 Å². The topological polar surface area (TPSA) is 0 Å². The Morgan fingerprint density at radius 3 is 2.26 bits per heavy atom. The van der Waals surface area contributed by atoms with Crippen LogP contribution in [0.2, 0.25) is 0 Å². The highest BCUT2D eigenvalue weighted by Crippen LogP contribution is 2.53. The molecule has 0 radical (unpaired) electrons. The highest BCUT2D eigenvalue weighted by molar-refractivity contribution is 5.98. The van der Waals surface area contributed by atoms with Gasteiger partial charge in [-0.25, -0.2) is 0 Å². The Morgan fingerprint density at radius 1 is 0.783 bits per heavy atom. The normalized spacial score (nSPS) is 15.5. The summed E-state index contributed by atoms with van der Waals surface area (Å²) in [5, 5.41) is 2.73. The standard InChI is InChI=1S/C23H24/c1-22(2,3)18-11-8-12-19-20(18)17-14-13-15-9-6-7-10-16(15)21(17)23(19,4)5/h6-14H,1-5H3. The number of benzene rings is 3. The first-order chi connectivity index (χ1) is 10.8. The van der Waals surface area contributed by atoms with E-state index >= 15 is 0 Å². The summed E-state index contributed by atoms with van der Waals surface area (Å²) in [6, 6.07) is 20.3. The minimum atomic E-state index is 0.0484. The maximum Gasteiger partial charge on any atom is 0.0165 e. The molecule has 23 heavy (non-hydrogen) atoms. The van der Waals surface area contributed by atoms with Gasteiger partial charge in [0, 0.05) is 5.41 Å². The van der Waals surface area contributed by atoms with Crippen LogP contribution in [0.1, 0.15) is 51.3 Å². The van der Waals surface area contributed by atoms with E-state index in [9.17, 15) is 0 Å². The van der Waals surface area contributed by atoms with E-state index in [1.54, 1.807) is 0 Å². The molecule has 0 spiro atoms. The van der Waals surface area contributed by atoms with E-state index < -0.39 is 0 Å². The maximum absolute atomic E-state index is 2.37. The average Bonchev–Trinajstić information content (AvgIpc) is 2.75. The van der Waals surface area contributed by atoms with Crippen molar-refractivity contribution in [3.05, 3.63) is 71.3 Å². The molecular weight excluding hydrogens is 276 g/mol. The van der Waals surface area contributed by atoms with E-state index in [4.69, 9.17) is 0 Å². The molecule has 0 amide bonds. The first-order valence-electron chi connectivity index (χ1n) is 8.48. The second-order valence-electron chi connectivity index (χ2n) is 8.31. The van der Waals surface area contributed by atoms with Crippen molar-refractivity contribution in [2.75, 3.05) is 0 Å². The zero-order valence-corrected chi connectivity index (χ0v) is 14.7. The predicted molar refractivity (Wildman–Crippen MR) is 100 cm³/mol. The fourth-order valence-corrected chi connectivity index (χ4v) is 4.28. The van der Waals surface area contributed by atoms with Gasteiger partial charge in [0.1, 0.15) is 0 Å². The van der Waals surface area contributed by atoms with E-state index in [1.807, 2.05) is 0 Å². The Kier molecular flexibility index (Phi) is 2.82. The third-order valence-electron chi connectivity index (χ3n) is 5.37. The van der Waals surface area contributed by atoms with E-state index in [2.05, 4.69) is 89.2 Å². The van der Waals surface area contributed by atoms with Crippen LogP contribution < -0.4 is 0 Å². The molecule has 0 bridgehead atoms. The summed E-state index contributed by atoms with van der Waals surface area (Å²) >= 11 is 0. The van der Waals surface area contributed by atoms with Gasteiger partial charge in [0.15, 0.2) is 0 Å². The van der Waals surface area contributed by atoms with Gasteiger partial charge in [-0.1, -0.05) is 89.2 Å². The second kappa shape index (κ2) is 4.47. The van der Waals surface area contributed by atoms with Gasteiger partial charge in [0.2, 0.25) is 0 Å². The van der Waals surface area contributed by atoms with Crippen LogP contribution in [0.3, 0.4) is 0 Å². The van der Waals surface area contributed by atoms with Crippen LogP contribution in [0.25, 0.3) is 21.9 Å². The van der Waals surface area contributed by atoms with Crippen LogP contribution in [0.15, 0.2) is 54.6 Å². The molecule has 0 atom stereocenters. The summed E-state index contributed by atoms with van der Waals surface area (Å²) in [5.41, 5.74) is 7.50. The van der Waals surface area contributed by atoms with Gasteiger partial charge in [0.05, 0.1) is 0 Å². The van der Waals surface area contributed by atoms with E-state index in [0.29, 0.717) is 0 Å². The fourth-order valence-electron chi connectivity index (χ4n) is 4.28. The lowest BCUT2D eigenvalue weighted by Gasteiger charge is -2.25. The predicted octanol–water partition coefficient (Wildman–Crippen LogP) is 6.44. The third kappa shape index (κ3) is 1.91. The molecule has 0 aliphatic heterocycles. The van der Waals surface area contributed by atoms with Gasteiger partial charge in [-0.3, -0.25) is 0 Å². The van der Waals surface area contributed by atoms with Crippen LogP contribution in [0.5, 0.6) is 0 Å². The van der Waals surface area contributed by atoms with Crippen LogP contribution in [-0.4, -0.2) is 0 Å². The molecule has 0 nitrogen and oxygen atoms in total. The van der Waals surface area contributed by atoms with Gasteiger partial charge >= 0.3 is 0 Å². The molecule has 116 valence electrons. The monoisotopic (exact) mass is 300 g/mol. The molecule has 0 unspecified atom stereocenters. The van der Waals surface area contributed by atoms with Gasteiger partial charge < -0.3 is 0 Å². The van der Waals surface area contributed by atoms with Crippen LogP contribution in [0.4, 0.5) is 0 Å². The van der Waals surface area contributed by atoms with Crippen molar-refractivity contribution >= 4 is 10.8 Å². The Hall–Kier alpha value is -2.08. The van der Waals surface area contributed by atoms with Gasteiger partial charge in [-0.05, 0) is 44.0 Å². The SMILES string of the molecule is CC(C)(C)c1cccc2c1-c1ccc3ccccc3c1C2(C)C. The van der Waals surface area contributed by atoms with Crippen LogP contribution in [-0.2, 0) is 10.8 Å². The maximum atomic E-state index is 2.37. The van der Waals surface area contributed by atoms with Crippen molar-refractivity contribution in [1.29, 1.82) is 0 Å². The smallest absolute Gasteiger partial charge is 0.0165 e. The summed E-state index contributed by atoms with van der Waals surface area (Å²) in [4.78, 5) is 0. The lowest BCUT2D eigenvalue weighted by Crippen LogP contribution is -2.17. The van der Waals surface area contributed by atoms with Crippen LogP contribution in [0, 0.1) is 0 Å². The molecule has 1 aliphatic rings. The van der Waals surface area contributed by atoms with Gasteiger partial charge in [0.25, 0.3) is 0 Å². The zero-order chi connectivity index (χ0) is 16.4. The van der Waals surface area contributed by atoms with Crippen molar-refractivity contribution in [2.24, 2.45) is 0 Å². The summed E-state index contributed by atoms with van der Waals surface area (Å²) in [5.74, 6) is 0. The molecule has 0 saturated heterocycles. The highest BCUT2D eigenvalue weighted by atomic mass is 14.4. The van der Waals surface area contributed by atoms with Gasteiger partial charge in [-0.15, -0.1) is 0 Å². The molecule has 4 rings (SSSR count). The molecular formula is C23H24. The summed E-state index contributed by atoms with van der Waals surface area (Å²) in [6.07, 6.45) is 0. The Balaban J connectivity index is 2.17. The molecule has 0 aromatic heterocycles. The Bertz CT molecular complexity index is 920. The number of hydrogen-bond donors (Lipinski definition) is 0. The minimum absolute atomic E-state index is 0.0484. The van der Waals surface area contributed by atoms with Crippen molar-refractivity contribution in [1.82, 2.24) is 0 Å². The molecule has 0 saturated carbocycles. The minimum Gasteiger partial charge on any atom is -0.0616 e. The van der Waals surface area contributed by atoms with Gasteiger partial charge in [-0.2, -0.15) is 0 Å². The van der Waals surface area contributed by atoms with E-state index in [-0.39, 0.29) is 10.8 Å². The summed E-state index contributed by atoms with van der Waals surface area (Å²) < 4.78 is 0. The number of fused-ring (bicyclic) bond motifs is 5. The Morgan fingerprint density at radius 2 is 1.52 bits per heavy atom. The van der Waals surface area contributed by atoms with Crippen molar-refractivity contribution in [3.8, 4) is 11.1 Å². The quantitative estimate of drug-likeness (QED) is 0.448. The molecule has 0 fully saturated rings. The largest absolute Gasteiger partial charge is 0.0616 e. The molecule has 3 aromatic carbocycles. The fraction of sp³-hybridized carbons (Fsp3) is 0.304. The first kappa shape index (κ1) is 14.5.